The van der Waals surface area contributed by atoms with Gasteiger partial charge in [0.05, 0.1) is 17.0 Å². The second-order valence-electron chi connectivity index (χ2n) is 8.37. The summed E-state index contributed by atoms with van der Waals surface area (Å²) in [5.41, 5.74) is 2.67. The van der Waals surface area contributed by atoms with E-state index in [0.717, 1.165) is 11.1 Å². The number of amides is 1. The number of aryl methyl sites for hydroxylation is 2. The lowest BCUT2D eigenvalue weighted by Gasteiger charge is -2.21. The monoisotopic (exact) mass is 441 g/mol. The van der Waals surface area contributed by atoms with E-state index in [2.05, 4.69) is 20.1 Å². The first-order valence-electron chi connectivity index (χ1n) is 9.85. The van der Waals surface area contributed by atoms with Crippen LogP contribution in [-0.2, 0) is 22.1 Å². The summed E-state index contributed by atoms with van der Waals surface area (Å²) in [6.45, 7) is 10.1. The Kier molecular flexibility index (Phi) is 6.17. The summed E-state index contributed by atoms with van der Waals surface area (Å²) in [6, 6.07) is 11.2. The van der Waals surface area contributed by atoms with E-state index >= 15 is 0 Å². The highest BCUT2D eigenvalue weighted by Crippen LogP contribution is 2.19. The Hall–Kier alpha value is -3.20. The molecule has 1 aromatic heterocycles. The van der Waals surface area contributed by atoms with Gasteiger partial charge in [0.2, 0.25) is 0 Å². The van der Waals surface area contributed by atoms with Gasteiger partial charge in [-0.25, -0.2) is 18.1 Å². The van der Waals surface area contributed by atoms with Crippen LogP contribution in [0.1, 0.15) is 48.1 Å². The van der Waals surface area contributed by atoms with Gasteiger partial charge < -0.3 is 5.32 Å². The first kappa shape index (κ1) is 22.5. The molecule has 0 aliphatic carbocycles. The minimum atomic E-state index is -3.76. The Morgan fingerprint density at radius 2 is 1.71 bits per heavy atom. The lowest BCUT2D eigenvalue weighted by Crippen LogP contribution is -2.30. The topological polar surface area (TPSA) is 106 Å². The fraction of sp³-hybridized carbons (Fsp3) is 0.318. The Bertz CT molecular complexity index is 1190. The number of rotatable bonds is 6. The summed E-state index contributed by atoms with van der Waals surface area (Å²) in [5.74, 6) is 0.312. The van der Waals surface area contributed by atoms with E-state index in [-0.39, 0.29) is 22.9 Å². The molecule has 0 bridgehead atoms. The Morgan fingerprint density at radius 3 is 2.32 bits per heavy atom. The zero-order valence-electron chi connectivity index (χ0n) is 18.3. The van der Waals surface area contributed by atoms with E-state index in [1.165, 1.54) is 30.6 Å². The Labute approximate surface area is 182 Å². The molecule has 164 valence electrons. The molecule has 1 amide bonds. The van der Waals surface area contributed by atoms with Gasteiger partial charge in [0.1, 0.15) is 12.2 Å². The van der Waals surface area contributed by atoms with Crippen molar-refractivity contribution in [3.05, 3.63) is 71.3 Å². The van der Waals surface area contributed by atoms with Crippen LogP contribution in [0, 0.1) is 13.8 Å². The first-order valence-corrected chi connectivity index (χ1v) is 11.3. The van der Waals surface area contributed by atoms with E-state index in [9.17, 15) is 13.2 Å². The smallest absolute Gasteiger partial charge is 0.261 e. The molecule has 0 saturated heterocycles. The molecule has 0 radical (unpaired) electrons. The van der Waals surface area contributed by atoms with Gasteiger partial charge in [0, 0.05) is 11.3 Å². The number of hydrogen-bond donors (Lipinski definition) is 2. The number of anilines is 1. The largest absolute Gasteiger partial charge is 0.345 e. The Balaban J connectivity index is 1.68. The summed E-state index contributed by atoms with van der Waals surface area (Å²) < 4.78 is 29.6. The number of carbonyl (C=O) groups excluding carboxylic acids is 1. The van der Waals surface area contributed by atoms with Crippen molar-refractivity contribution in [2.75, 3.05) is 4.72 Å². The van der Waals surface area contributed by atoms with Crippen LogP contribution in [0.4, 0.5) is 5.69 Å². The predicted molar refractivity (Wildman–Crippen MR) is 119 cm³/mol. The number of sulfonamides is 1. The van der Waals surface area contributed by atoms with Gasteiger partial charge in [-0.05, 0) is 82.1 Å². The molecule has 0 unspecified atom stereocenters. The summed E-state index contributed by atoms with van der Waals surface area (Å²) in [6.07, 6.45) is 1.45. The zero-order valence-corrected chi connectivity index (χ0v) is 19.1. The van der Waals surface area contributed by atoms with E-state index in [1.807, 2.05) is 40.7 Å². The lowest BCUT2D eigenvalue weighted by atomic mass is 10.1. The predicted octanol–water partition coefficient (Wildman–Crippen LogP) is 3.38. The maximum Gasteiger partial charge on any atom is 0.261 e. The van der Waals surface area contributed by atoms with Crippen molar-refractivity contribution in [1.29, 1.82) is 0 Å². The second-order valence-corrected chi connectivity index (χ2v) is 10.1. The van der Waals surface area contributed by atoms with Crippen molar-refractivity contribution in [2.45, 2.75) is 51.6 Å². The molecular formula is C22H27N5O3S. The molecule has 1 heterocycles. The van der Waals surface area contributed by atoms with Crippen molar-refractivity contribution < 1.29 is 13.2 Å². The van der Waals surface area contributed by atoms with E-state index < -0.39 is 10.0 Å². The third-order valence-electron chi connectivity index (χ3n) is 4.85. The zero-order chi connectivity index (χ0) is 22.8. The SMILES string of the molecule is Cc1ccc(NS(=O)(=O)c2ccc(C(=O)NCc3ncnn3C(C)(C)C)cc2)cc1C. The number of aromatic nitrogens is 3. The van der Waals surface area contributed by atoms with Crippen molar-refractivity contribution in [3.63, 3.8) is 0 Å². The molecule has 9 heteroatoms. The van der Waals surface area contributed by atoms with Crippen molar-refractivity contribution in [2.24, 2.45) is 0 Å². The highest BCUT2D eigenvalue weighted by molar-refractivity contribution is 7.92. The van der Waals surface area contributed by atoms with Gasteiger partial charge in [-0.3, -0.25) is 9.52 Å². The fourth-order valence-corrected chi connectivity index (χ4v) is 4.06. The van der Waals surface area contributed by atoms with Crippen LogP contribution in [0.3, 0.4) is 0 Å². The van der Waals surface area contributed by atoms with Crippen LogP contribution in [0.25, 0.3) is 0 Å². The molecule has 2 aromatic carbocycles. The third-order valence-corrected chi connectivity index (χ3v) is 6.24. The van der Waals surface area contributed by atoms with E-state index in [0.29, 0.717) is 17.1 Å². The molecule has 31 heavy (non-hydrogen) atoms. The van der Waals surface area contributed by atoms with Crippen LogP contribution in [0.15, 0.2) is 53.7 Å². The maximum atomic E-state index is 12.7. The summed E-state index contributed by atoms with van der Waals surface area (Å²) in [5, 5.41) is 7.00. The van der Waals surface area contributed by atoms with Crippen LogP contribution in [0.2, 0.25) is 0 Å². The normalized spacial score (nSPS) is 11.9. The van der Waals surface area contributed by atoms with E-state index in [1.54, 1.807) is 16.8 Å². The molecule has 0 aliphatic heterocycles. The van der Waals surface area contributed by atoms with Gasteiger partial charge in [-0.1, -0.05) is 6.07 Å². The van der Waals surface area contributed by atoms with Gasteiger partial charge in [-0.2, -0.15) is 5.10 Å². The highest BCUT2D eigenvalue weighted by Gasteiger charge is 2.19. The first-order chi connectivity index (χ1) is 14.5. The minimum Gasteiger partial charge on any atom is -0.345 e. The van der Waals surface area contributed by atoms with Crippen molar-refractivity contribution in [3.8, 4) is 0 Å². The molecule has 0 aliphatic rings. The van der Waals surface area contributed by atoms with Gasteiger partial charge >= 0.3 is 0 Å². The summed E-state index contributed by atoms with van der Waals surface area (Å²) >= 11 is 0. The number of nitrogens with one attached hydrogen (secondary N) is 2. The number of nitrogens with zero attached hydrogens (tertiary/aromatic N) is 3. The third kappa shape index (κ3) is 5.29. The molecule has 8 nitrogen and oxygen atoms in total. The van der Waals surface area contributed by atoms with Gasteiger partial charge in [-0.15, -0.1) is 0 Å². The van der Waals surface area contributed by atoms with Crippen LogP contribution in [0.5, 0.6) is 0 Å². The standard InChI is InChI=1S/C22H27N5O3S/c1-15-6-9-18(12-16(15)2)26-31(29,30)19-10-7-17(8-11-19)21(28)23-13-20-24-14-25-27(20)22(3,4)5/h6-12,14,26H,13H2,1-5H3,(H,23,28). The molecule has 2 N–H and O–H groups in total. The van der Waals surface area contributed by atoms with Gasteiger partial charge in [0.25, 0.3) is 15.9 Å². The molecule has 0 spiro atoms. The highest BCUT2D eigenvalue weighted by atomic mass is 32.2. The van der Waals surface area contributed by atoms with Crippen LogP contribution >= 0.6 is 0 Å². The molecule has 0 saturated carbocycles. The Morgan fingerprint density at radius 1 is 1.03 bits per heavy atom. The second kappa shape index (κ2) is 8.50. The number of carbonyl (C=O) groups is 1. The molecule has 3 rings (SSSR count). The number of hydrogen-bond acceptors (Lipinski definition) is 5. The quantitative estimate of drug-likeness (QED) is 0.610. The molecule has 0 atom stereocenters. The average molecular weight is 442 g/mol. The molecule has 3 aromatic rings. The van der Waals surface area contributed by atoms with Gasteiger partial charge in [0.15, 0.2) is 0 Å². The molecule has 0 fully saturated rings. The molecular weight excluding hydrogens is 414 g/mol. The van der Waals surface area contributed by atoms with Crippen LogP contribution < -0.4 is 10.0 Å². The van der Waals surface area contributed by atoms with E-state index in [4.69, 9.17) is 0 Å². The lowest BCUT2D eigenvalue weighted by molar-refractivity contribution is 0.0948. The van der Waals surface area contributed by atoms with Crippen molar-refractivity contribution in [1.82, 2.24) is 20.1 Å². The average Bonchev–Trinajstić information content (AvgIpc) is 3.18. The minimum absolute atomic E-state index is 0.0785. The maximum absolute atomic E-state index is 12.7. The fourth-order valence-electron chi connectivity index (χ4n) is 3.01. The van der Waals surface area contributed by atoms with Crippen molar-refractivity contribution >= 4 is 21.6 Å². The van der Waals surface area contributed by atoms with Crippen LogP contribution in [-0.4, -0.2) is 29.1 Å². The summed E-state index contributed by atoms with van der Waals surface area (Å²) in [7, 11) is -3.76. The number of benzene rings is 2. The summed E-state index contributed by atoms with van der Waals surface area (Å²) in [4.78, 5) is 16.8.